The van der Waals surface area contributed by atoms with Crippen LogP contribution in [-0.4, -0.2) is 74.6 Å². The van der Waals surface area contributed by atoms with E-state index in [1.165, 1.54) is 18.5 Å². The van der Waals surface area contributed by atoms with Gasteiger partial charge in [0.1, 0.15) is 16.8 Å². The molecule has 1 aliphatic heterocycles. The average molecular weight is 500 g/mol. The molecule has 0 atom stereocenters. The van der Waals surface area contributed by atoms with E-state index >= 15 is 0 Å². The molecule has 1 fully saturated rings. The molecule has 0 bridgehead atoms. The van der Waals surface area contributed by atoms with Crippen molar-refractivity contribution in [3.63, 3.8) is 0 Å². The second-order valence-corrected chi connectivity index (χ2v) is 9.41. The van der Waals surface area contributed by atoms with Crippen LogP contribution in [-0.2, 0) is 4.74 Å². The van der Waals surface area contributed by atoms with Gasteiger partial charge in [-0.15, -0.1) is 0 Å². The van der Waals surface area contributed by atoms with Crippen molar-refractivity contribution in [1.82, 2.24) is 24.3 Å². The molecular weight excluding hydrogens is 469 g/mol. The fraction of sp³-hybridized carbons (Fsp3) is 0.458. The van der Waals surface area contributed by atoms with Crippen LogP contribution >= 0.6 is 0 Å². The number of rotatable bonds is 5. The summed E-state index contributed by atoms with van der Waals surface area (Å²) in [6, 6.07) is 1.25. The normalized spacial score (nSPS) is 14.2. The standard InChI is InChI=1S/C24H30FN7O4/c1-6-35-21-16(20(33)28-18-14-32-13-15(2)27-19(32)11-17(18)25)12-26-22(29-21)30-7-9-31(10-8-30)23(34)36-24(3,4)5/h11-14H,6-10H2,1-5H3,(H,28,33). The predicted molar refractivity (Wildman–Crippen MR) is 131 cm³/mol. The van der Waals surface area contributed by atoms with E-state index in [0.717, 1.165) is 5.69 Å². The summed E-state index contributed by atoms with van der Waals surface area (Å²) in [5.74, 6) is -0.746. The van der Waals surface area contributed by atoms with Gasteiger partial charge in [0.2, 0.25) is 11.8 Å². The summed E-state index contributed by atoms with van der Waals surface area (Å²) < 4.78 is 27.2. The Morgan fingerprint density at radius 1 is 1.14 bits per heavy atom. The van der Waals surface area contributed by atoms with Crippen molar-refractivity contribution in [3.05, 3.63) is 41.7 Å². The summed E-state index contributed by atoms with van der Waals surface area (Å²) in [6.45, 7) is 11.2. The van der Waals surface area contributed by atoms with Crippen molar-refractivity contribution in [1.29, 1.82) is 0 Å². The highest BCUT2D eigenvalue weighted by molar-refractivity contribution is 6.05. The number of piperazine rings is 1. The van der Waals surface area contributed by atoms with Crippen LogP contribution in [0.15, 0.2) is 24.7 Å². The smallest absolute Gasteiger partial charge is 0.410 e. The Morgan fingerprint density at radius 3 is 2.53 bits per heavy atom. The topological polar surface area (TPSA) is 114 Å². The third kappa shape index (κ3) is 5.64. The molecule has 0 saturated carbocycles. The molecule has 12 heteroatoms. The summed E-state index contributed by atoms with van der Waals surface area (Å²) >= 11 is 0. The number of ether oxygens (including phenoxy) is 2. The van der Waals surface area contributed by atoms with Crippen molar-refractivity contribution in [2.24, 2.45) is 0 Å². The molecule has 0 radical (unpaired) electrons. The number of fused-ring (bicyclic) bond motifs is 1. The Kier molecular flexibility index (Phi) is 6.95. The van der Waals surface area contributed by atoms with Gasteiger partial charge in [0.15, 0.2) is 5.82 Å². The number of anilines is 2. The summed E-state index contributed by atoms with van der Waals surface area (Å²) in [4.78, 5) is 41.8. The molecule has 4 heterocycles. The summed E-state index contributed by atoms with van der Waals surface area (Å²) in [7, 11) is 0. The quantitative estimate of drug-likeness (QED) is 0.569. The van der Waals surface area contributed by atoms with Crippen LogP contribution in [0.2, 0.25) is 0 Å². The third-order valence-corrected chi connectivity index (χ3v) is 5.39. The van der Waals surface area contributed by atoms with Gasteiger partial charge in [-0.3, -0.25) is 4.79 Å². The molecule has 3 aromatic rings. The first-order chi connectivity index (χ1) is 17.0. The maximum atomic E-state index is 14.6. The van der Waals surface area contributed by atoms with E-state index in [4.69, 9.17) is 9.47 Å². The number of nitrogens with zero attached hydrogens (tertiary/aromatic N) is 6. The predicted octanol–water partition coefficient (Wildman–Crippen LogP) is 3.28. The Labute approximate surface area is 208 Å². The number of aryl methyl sites for hydroxylation is 1. The molecule has 1 aliphatic rings. The van der Waals surface area contributed by atoms with Gasteiger partial charge < -0.3 is 29.0 Å². The van der Waals surface area contributed by atoms with E-state index in [9.17, 15) is 14.0 Å². The van der Waals surface area contributed by atoms with Crippen LogP contribution in [0.25, 0.3) is 5.65 Å². The molecule has 0 unspecified atom stereocenters. The maximum Gasteiger partial charge on any atom is 0.410 e. The van der Waals surface area contributed by atoms with E-state index in [1.807, 2.05) is 25.7 Å². The van der Waals surface area contributed by atoms with Crippen molar-refractivity contribution in [2.45, 2.75) is 40.2 Å². The Hall–Kier alpha value is -3.96. The molecule has 4 rings (SSSR count). The highest BCUT2D eigenvalue weighted by Gasteiger charge is 2.28. The molecule has 3 aromatic heterocycles. The Morgan fingerprint density at radius 2 is 1.86 bits per heavy atom. The van der Waals surface area contributed by atoms with Crippen LogP contribution in [0.4, 0.5) is 20.8 Å². The van der Waals surface area contributed by atoms with Crippen molar-refractivity contribution < 1.29 is 23.5 Å². The molecule has 0 aromatic carbocycles. The minimum Gasteiger partial charge on any atom is -0.477 e. The molecule has 36 heavy (non-hydrogen) atoms. The number of carbonyl (C=O) groups excluding carboxylic acids is 2. The zero-order chi connectivity index (χ0) is 26.0. The number of hydrogen-bond donors (Lipinski definition) is 1. The van der Waals surface area contributed by atoms with E-state index in [1.54, 1.807) is 29.3 Å². The van der Waals surface area contributed by atoms with Gasteiger partial charge in [-0.05, 0) is 34.6 Å². The van der Waals surface area contributed by atoms with Gasteiger partial charge in [0.25, 0.3) is 5.91 Å². The first-order valence-corrected chi connectivity index (χ1v) is 11.7. The zero-order valence-electron chi connectivity index (χ0n) is 21.0. The fourth-order valence-corrected chi connectivity index (χ4v) is 3.75. The van der Waals surface area contributed by atoms with Crippen LogP contribution < -0.4 is 15.0 Å². The van der Waals surface area contributed by atoms with Crippen LogP contribution in [0.1, 0.15) is 43.7 Å². The second-order valence-electron chi connectivity index (χ2n) is 9.41. The average Bonchev–Trinajstić information content (AvgIpc) is 3.17. The zero-order valence-corrected chi connectivity index (χ0v) is 21.0. The number of nitrogens with one attached hydrogen (secondary N) is 1. The molecule has 192 valence electrons. The van der Waals surface area contributed by atoms with E-state index in [-0.39, 0.29) is 29.8 Å². The number of hydrogen-bond acceptors (Lipinski definition) is 8. The van der Waals surface area contributed by atoms with Gasteiger partial charge in [0.05, 0.1) is 18.0 Å². The highest BCUT2D eigenvalue weighted by atomic mass is 19.1. The van der Waals surface area contributed by atoms with Gasteiger partial charge in [-0.2, -0.15) is 4.98 Å². The van der Waals surface area contributed by atoms with Gasteiger partial charge >= 0.3 is 6.09 Å². The van der Waals surface area contributed by atoms with E-state index in [2.05, 4.69) is 20.3 Å². The lowest BCUT2D eigenvalue weighted by Gasteiger charge is -2.35. The minimum atomic E-state index is -0.611. The largest absolute Gasteiger partial charge is 0.477 e. The van der Waals surface area contributed by atoms with Crippen LogP contribution in [0.5, 0.6) is 5.88 Å². The van der Waals surface area contributed by atoms with Crippen LogP contribution in [0, 0.1) is 12.7 Å². The molecule has 1 saturated heterocycles. The lowest BCUT2D eigenvalue weighted by Crippen LogP contribution is -2.50. The molecule has 1 N–H and O–H groups in total. The SMILES string of the molecule is CCOc1nc(N2CCN(C(=O)OC(C)(C)C)CC2)ncc1C(=O)Nc1cn2cc(C)nc2cc1F. The lowest BCUT2D eigenvalue weighted by atomic mass is 10.2. The number of imidazole rings is 1. The van der Waals surface area contributed by atoms with Gasteiger partial charge in [0, 0.05) is 50.8 Å². The molecule has 2 amide bonds. The number of carbonyl (C=O) groups is 2. The number of pyridine rings is 1. The molecular formula is C24H30FN7O4. The fourth-order valence-electron chi connectivity index (χ4n) is 3.75. The first-order valence-electron chi connectivity index (χ1n) is 11.7. The van der Waals surface area contributed by atoms with Crippen molar-refractivity contribution >= 4 is 29.3 Å². The molecule has 0 spiro atoms. The number of halogens is 1. The van der Waals surface area contributed by atoms with E-state index < -0.39 is 17.3 Å². The Bertz CT molecular complexity index is 1280. The highest BCUT2D eigenvalue weighted by Crippen LogP contribution is 2.23. The number of amides is 2. The third-order valence-electron chi connectivity index (χ3n) is 5.39. The molecule has 0 aliphatic carbocycles. The summed E-state index contributed by atoms with van der Waals surface area (Å²) in [5, 5.41) is 2.57. The summed E-state index contributed by atoms with van der Waals surface area (Å²) in [5.41, 5.74) is 0.681. The minimum absolute atomic E-state index is 0.00492. The van der Waals surface area contributed by atoms with Crippen molar-refractivity contribution in [3.8, 4) is 5.88 Å². The number of aromatic nitrogens is 4. The van der Waals surface area contributed by atoms with E-state index in [0.29, 0.717) is 37.8 Å². The first kappa shape index (κ1) is 25.1. The van der Waals surface area contributed by atoms with Crippen LogP contribution in [0.3, 0.4) is 0 Å². The van der Waals surface area contributed by atoms with Gasteiger partial charge in [-0.1, -0.05) is 0 Å². The second kappa shape index (κ2) is 9.96. The van der Waals surface area contributed by atoms with Crippen molar-refractivity contribution in [2.75, 3.05) is 43.0 Å². The summed E-state index contributed by atoms with van der Waals surface area (Å²) in [6.07, 6.45) is 4.20. The van der Waals surface area contributed by atoms with Gasteiger partial charge in [-0.25, -0.2) is 19.2 Å². The monoisotopic (exact) mass is 499 g/mol. The maximum absolute atomic E-state index is 14.6. The lowest BCUT2D eigenvalue weighted by molar-refractivity contribution is 0.0240. The Balaban J connectivity index is 1.48. The molecule has 11 nitrogen and oxygen atoms in total.